The van der Waals surface area contributed by atoms with Crippen LogP contribution in [0, 0.1) is 12.8 Å². The molecular formula is C16H19N3O. The highest BCUT2D eigenvalue weighted by Gasteiger charge is 2.52. The minimum atomic E-state index is 0.176. The summed E-state index contributed by atoms with van der Waals surface area (Å²) >= 11 is 0. The number of aromatic nitrogens is 1. The molecule has 2 fully saturated rings. The Hall–Kier alpha value is -1.65. The number of para-hydroxylation sites is 1. The molecule has 3 N–H and O–H groups in total. The summed E-state index contributed by atoms with van der Waals surface area (Å²) < 4.78 is 5.76. The Kier molecular flexibility index (Phi) is 2.69. The smallest absolute Gasteiger partial charge is 0.129 e. The number of anilines is 1. The minimum absolute atomic E-state index is 0.176. The van der Waals surface area contributed by atoms with Crippen LogP contribution in [0.25, 0.3) is 10.9 Å². The first kappa shape index (κ1) is 12.1. The van der Waals surface area contributed by atoms with Crippen LogP contribution in [-0.2, 0) is 4.74 Å². The van der Waals surface area contributed by atoms with Gasteiger partial charge in [0.25, 0.3) is 0 Å². The highest BCUT2D eigenvalue weighted by atomic mass is 16.5. The van der Waals surface area contributed by atoms with E-state index in [0.29, 0.717) is 5.92 Å². The van der Waals surface area contributed by atoms with Crippen LogP contribution in [0.5, 0.6) is 0 Å². The number of nitrogens with one attached hydrogen (secondary N) is 1. The Morgan fingerprint density at radius 1 is 1.35 bits per heavy atom. The van der Waals surface area contributed by atoms with Crippen molar-refractivity contribution in [1.82, 2.24) is 4.98 Å². The molecule has 104 valence electrons. The highest BCUT2D eigenvalue weighted by molar-refractivity contribution is 5.81. The number of fused-ring (bicyclic) bond motifs is 2. The van der Waals surface area contributed by atoms with Crippen molar-refractivity contribution in [2.24, 2.45) is 11.7 Å². The van der Waals surface area contributed by atoms with E-state index in [9.17, 15) is 0 Å². The standard InChI is InChI=1S/C16H19N3O/c1-9-8-10-4-2-3-5-12(10)18-16(9)19-14-13(17)11-6-7-20-15(11)14/h2-5,8,11,13-15H,6-7,17H2,1H3,(H,18,19). The molecule has 0 radical (unpaired) electrons. The number of benzene rings is 1. The van der Waals surface area contributed by atoms with E-state index < -0.39 is 0 Å². The van der Waals surface area contributed by atoms with Gasteiger partial charge in [-0.1, -0.05) is 18.2 Å². The van der Waals surface area contributed by atoms with Crippen LogP contribution >= 0.6 is 0 Å². The van der Waals surface area contributed by atoms with Crippen molar-refractivity contribution in [2.45, 2.75) is 31.5 Å². The van der Waals surface area contributed by atoms with E-state index in [1.165, 1.54) is 5.39 Å². The number of aryl methyl sites for hydroxylation is 1. The maximum Gasteiger partial charge on any atom is 0.129 e. The lowest BCUT2D eigenvalue weighted by atomic mass is 9.72. The van der Waals surface area contributed by atoms with Gasteiger partial charge >= 0.3 is 0 Å². The predicted molar refractivity (Wildman–Crippen MR) is 79.7 cm³/mol. The molecule has 4 nitrogen and oxygen atoms in total. The second-order valence-electron chi connectivity index (χ2n) is 5.88. The second kappa shape index (κ2) is 4.43. The third kappa shape index (κ3) is 1.72. The second-order valence-corrected chi connectivity index (χ2v) is 5.88. The van der Waals surface area contributed by atoms with Crippen LogP contribution in [0.3, 0.4) is 0 Å². The quantitative estimate of drug-likeness (QED) is 0.876. The average molecular weight is 269 g/mol. The van der Waals surface area contributed by atoms with Gasteiger partial charge in [-0.25, -0.2) is 4.98 Å². The molecule has 2 heterocycles. The Balaban J connectivity index is 1.64. The van der Waals surface area contributed by atoms with Crippen molar-refractivity contribution in [3.8, 4) is 0 Å². The molecule has 1 aromatic carbocycles. The molecule has 4 unspecified atom stereocenters. The number of hydrogen-bond donors (Lipinski definition) is 2. The van der Waals surface area contributed by atoms with E-state index in [-0.39, 0.29) is 18.2 Å². The first-order valence-electron chi connectivity index (χ1n) is 7.24. The molecule has 0 spiro atoms. The van der Waals surface area contributed by atoms with Crippen molar-refractivity contribution >= 4 is 16.7 Å². The lowest BCUT2D eigenvalue weighted by Gasteiger charge is -2.46. The molecule has 4 heteroatoms. The van der Waals surface area contributed by atoms with Crippen molar-refractivity contribution < 1.29 is 4.74 Å². The molecule has 0 bridgehead atoms. The minimum Gasteiger partial charge on any atom is -0.376 e. The van der Waals surface area contributed by atoms with E-state index >= 15 is 0 Å². The van der Waals surface area contributed by atoms with Gasteiger partial charge in [0.15, 0.2) is 0 Å². The summed E-state index contributed by atoms with van der Waals surface area (Å²) in [6.07, 6.45) is 1.35. The number of pyridine rings is 1. The summed E-state index contributed by atoms with van der Waals surface area (Å²) in [4.78, 5) is 4.72. The van der Waals surface area contributed by atoms with Crippen LogP contribution in [-0.4, -0.2) is 29.8 Å². The highest BCUT2D eigenvalue weighted by Crippen LogP contribution is 2.39. The van der Waals surface area contributed by atoms with Gasteiger partial charge in [0.05, 0.1) is 17.7 Å². The first-order chi connectivity index (χ1) is 9.74. The van der Waals surface area contributed by atoms with Crippen LogP contribution in [0.1, 0.15) is 12.0 Å². The molecule has 20 heavy (non-hydrogen) atoms. The third-order valence-corrected chi connectivity index (χ3v) is 4.66. The van der Waals surface area contributed by atoms with Crippen molar-refractivity contribution in [1.29, 1.82) is 0 Å². The van der Waals surface area contributed by atoms with Crippen LogP contribution in [0.15, 0.2) is 30.3 Å². The molecule has 1 aliphatic heterocycles. The molecule has 2 aromatic rings. The Labute approximate surface area is 118 Å². The number of nitrogens with two attached hydrogens (primary N) is 1. The number of ether oxygens (including phenoxy) is 1. The van der Waals surface area contributed by atoms with E-state index in [2.05, 4.69) is 24.4 Å². The number of hydrogen-bond acceptors (Lipinski definition) is 4. The average Bonchev–Trinajstić information content (AvgIpc) is 2.89. The Bertz CT molecular complexity index is 657. The van der Waals surface area contributed by atoms with Crippen molar-refractivity contribution in [3.05, 3.63) is 35.9 Å². The monoisotopic (exact) mass is 269 g/mol. The molecule has 1 saturated heterocycles. The zero-order chi connectivity index (χ0) is 13.7. The van der Waals surface area contributed by atoms with Gasteiger partial charge in [-0.3, -0.25) is 0 Å². The summed E-state index contributed by atoms with van der Waals surface area (Å²) in [5.74, 6) is 1.45. The number of rotatable bonds is 2. The topological polar surface area (TPSA) is 60.2 Å². The lowest BCUT2D eigenvalue weighted by Crippen LogP contribution is -2.65. The fourth-order valence-electron chi connectivity index (χ4n) is 3.45. The molecule has 1 aliphatic carbocycles. The largest absolute Gasteiger partial charge is 0.376 e. The van der Waals surface area contributed by atoms with E-state index in [1.54, 1.807) is 0 Å². The Morgan fingerprint density at radius 3 is 3.10 bits per heavy atom. The van der Waals surface area contributed by atoms with Crippen LogP contribution in [0.4, 0.5) is 5.82 Å². The van der Waals surface area contributed by atoms with Crippen LogP contribution in [0.2, 0.25) is 0 Å². The van der Waals surface area contributed by atoms with Crippen molar-refractivity contribution in [3.63, 3.8) is 0 Å². The van der Waals surface area contributed by atoms with Crippen LogP contribution < -0.4 is 11.1 Å². The summed E-state index contributed by atoms with van der Waals surface area (Å²) in [5, 5.41) is 4.67. The molecule has 1 saturated carbocycles. The zero-order valence-corrected chi connectivity index (χ0v) is 11.5. The van der Waals surface area contributed by atoms with Gasteiger partial charge in [0.1, 0.15) is 5.82 Å². The van der Waals surface area contributed by atoms with Gasteiger partial charge < -0.3 is 15.8 Å². The summed E-state index contributed by atoms with van der Waals surface area (Å²) in [5.41, 5.74) is 8.41. The SMILES string of the molecule is Cc1cc2ccccc2nc1NC1C(N)C2CCOC21. The fraction of sp³-hybridized carbons (Fsp3) is 0.438. The number of nitrogens with zero attached hydrogens (tertiary/aromatic N) is 1. The van der Waals surface area contributed by atoms with E-state index in [0.717, 1.165) is 29.9 Å². The van der Waals surface area contributed by atoms with Gasteiger partial charge in [-0.05, 0) is 31.0 Å². The maximum atomic E-state index is 6.25. The van der Waals surface area contributed by atoms with E-state index in [1.807, 2.05) is 18.2 Å². The molecule has 0 amide bonds. The zero-order valence-electron chi connectivity index (χ0n) is 11.5. The molecule has 4 rings (SSSR count). The summed E-state index contributed by atoms with van der Waals surface area (Å²) in [6, 6.07) is 10.7. The van der Waals surface area contributed by atoms with Crippen molar-refractivity contribution in [2.75, 3.05) is 11.9 Å². The normalized spacial score (nSPS) is 31.9. The molecular weight excluding hydrogens is 250 g/mol. The summed E-state index contributed by atoms with van der Waals surface area (Å²) in [6.45, 7) is 2.92. The molecule has 4 atom stereocenters. The summed E-state index contributed by atoms with van der Waals surface area (Å²) in [7, 11) is 0. The van der Waals surface area contributed by atoms with Gasteiger partial charge in [-0.2, -0.15) is 0 Å². The van der Waals surface area contributed by atoms with E-state index in [4.69, 9.17) is 15.5 Å². The predicted octanol–water partition coefficient (Wildman–Crippen LogP) is 2.07. The van der Waals surface area contributed by atoms with Gasteiger partial charge in [0.2, 0.25) is 0 Å². The fourth-order valence-corrected chi connectivity index (χ4v) is 3.45. The third-order valence-electron chi connectivity index (χ3n) is 4.66. The lowest BCUT2D eigenvalue weighted by molar-refractivity contribution is 0.00523. The molecule has 1 aromatic heterocycles. The first-order valence-corrected chi connectivity index (χ1v) is 7.24. The maximum absolute atomic E-state index is 6.25. The Morgan fingerprint density at radius 2 is 2.20 bits per heavy atom. The van der Waals surface area contributed by atoms with Gasteiger partial charge in [-0.15, -0.1) is 0 Å². The molecule has 2 aliphatic rings. The van der Waals surface area contributed by atoms with Gasteiger partial charge in [0, 0.05) is 24.0 Å².